The fourth-order valence-corrected chi connectivity index (χ4v) is 2.20. The van der Waals surface area contributed by atoms with Gasteiger partial charge in [-0.05, 0) is 31.8 Å². The van der Waals surface area contributed by atoms with Gasteiger partial charge in [0.15, 0.2) is 0 Å². The van der Waals surface area contributed by atoms with Gasteiger partial charge in [-0.1, -0.05) is 13.8 Å². The normalized spacial score (nSPS) is 23.1. The zero-order chi connectivity index (χ0) is 12.2. The van der Waals surface area contributed by atoms with E-state index < -0.39 is 0 Å². The maximum Gasteiger partial charge on any atom is 0.221 e. The molecule has 1 fully saturated rings. The van der Waals surface area contributed by atoms with Crippen molar-refractivity contribution in [2.24, 2.45) is 11.1 Å². The molecule has 0 aromatic carbocycles. The van der Waals surface area contributed by atoms with Crippen LogP contribution in [0.2, 0.25) is 0 Å². The van der Waals surface area contributed by atoms with Gasteiger partial charge in [0.05, 0.1) is 0 Å². The van der Waals surface area contributed by atoms with Gasteiger partial charge in [-0.15, -0.1) is 0 Å². The summed E-state index contributed by atoms with van der Waals surface area (Å²) in [4.78, 5) is 13.8. The minimum absolute atomic E-state index is 0.123. The molecule has 1 rings (SSSR count). The second-order valence-electron chi connectivity index (χ2n) is 5.63. The van der Waals surface area contributed by atoms with Crippen LogP contribution in [0.5, 0.6) is 0 Å². The molecule has 1 heterocycles. The Balaban J connectivity index is 2.51. The number of nitrogens with one attached hydrogen (secondary N) is 1. The number of hydrogen-bond acceptors (Lipinski definition) is 3. The van der Waals surface area contributed by atoms with Gasteiger partial charge < -0.3 is 16.0 Å². The molecule has 0 aliphatic carbocycles. The second kappa shape index (κ2) is 5.64. The third-order valence-electron chi connectivity index (χ3n) is 3.31. The van der Waals surface area contributed by atoms with Crippen LogP contribution in [-0.2, 0) is 4.79 Å². The number of amides is 1. The van der Waals surface area contributed by atoms with Crippen molar-refractivity contribution >= 4 is 5.91 Å². The van der Waals surface area contributed by atoms with Crippen LogP contribution in [-0.4, -0.2) is 43.5 Å². The maximum atomic E-state index is 11.5. The molecule has 1 unspecified atom stereocenters. The molecule has 1 saturated heterocycles. The van der Waals surface area contributed by atoms with Crippen molar-refractivity contribution in [3.8, 4) is 0 Å². The van der Waals surface area contributed by atoms with Gasteiger partial charge in [0, 0.05) is 25.6 Å². The summed E-state index contributed by atoms with van der Waals surface area (Å²) in [6, 6.07) is 0.369. The molecule has 0 aromatic heterocycles. The minimum atomic E-state index is 0.123. The summed E-state index contributed by atoms with van der Waals surface area (Å²) >= 11 is 0. The van der Waals surface area contributed by atoms with Crippen LogP contribution in [0.25, 0.3) is 0 Å². The summed E-state index contributed by atoms with van der Waals surface area (Å²) in [6.45, 7) is 6.78. The molecule has 1 aliphatic heterocycles. The number of carbonyl (C=O) groups excluding carboxylic acids is 1. The summed E-state index contributed by atoms with van der Waals surface area (Å²) in [7, 11) is 2.10. The predicted octanol–water partition coefficient (Wildman–Crippen LogP) is 0.572. The highest BCUT2D eigenvalue weighted by Crippen LogP contribution is 2.19. The van der Waals surface area contributed by atoms with Crippen LogP contribution in [0.3, 0.4) is 0 Å². The number of nitrogens with zero attached hydrogens (tertiary/aromatic N) is 1. The summed E-state index contributed by atoms with van der Waals surface area (Å²) in [5.74, 6) is 0.180. The highest BCUT2D eigenvalue weighted by atomic mass is 16.1. The van der Waals surface area contributed by atoms with Crippen LogP contribution in [0, 0.1) is 5.41 Å². The molecule has 3 N–H and O–H groups in total. The Morgan fingerprint density at radius 2 is 2.25 bits per heavy atom. The topological polar surface area (TPSA) is 58.4 Å². The van der Waals surface area contributed by atoms with E-state index in [0.717, 1.165) is 25.9 Å². The Hall–Kier alpha value is -0.610. The lowest BCUT2D eigenvalue weighted by molar-refractivity contribution is -0.121. The van der Waals surface area contributed by atoms with Crippen LogP contribution >= 0.6 is 0 Å². The summed E-state index contributed by atoms with van der Waals surface area (Å²) < 4.78 is 0. The highest BCUT2D eigenvalue weighted by molar-refractivity contribution is 5.76. The molecule has 1 atom stereocenters. The molecule has 1 amide bonds. The molecule has 94 valence electrons. The van der Waals surface area contributed by atoms with E-state index in [2.05, 4.69) is 31.1 Å². The Labute approximate surface area is 98.6 Å². The standard InChI is InChI=1S/C12H25N3O/c1-12(2,8-13)9-15(3)10-5-4-6-14-11(16)7-10/h10H,4-9,13H2,1-3H3,(H,14,16). The molecule has 0 bridgehead atoms. The van der Waals surface area contributed by atoms with Gasteiger partial charge in [0.2, 0.25) is 5.91 Å². The minimum Gasteiger partial charge on any atom is -0.356 e. The van der Waals surface area contributed by atoms with E-state index in [1.807, 2.05) is 0 Å². The molecule has 0 spiro atoms. The van der Waals surface area contributed by atoms with E-state index in [-0.39, 0.29) is 11.3 Å². The van der Waals surface area contributed by atoms with Crippen LogP contribution in [0.15, 0.2) is 0 Å². The molecule has 0 radical (unpaired) electrons. The predicted molar refractivity (Wildman–Crippen MR) is 66.1 cm³/mol. The lowest BCUT2D eigenvalue weighted by Gasteiger charge is -2.33. The number of rotatable bonds is 4. The van der Waals surface area contributed by atoms with Gasteiger partial charge >= 0.3 is 0 Å². The van der Waals surface area contributed by atoms with E-state index in [0.29, 0.717) is 19.0 Å². The van der Waals surface area contributed by atoms with Crippen LogP contribution in [0.4, 0.5) is 0 Å². The molecule has 4 heteroatoms. The number of carbonyl (C=O) groups is 1. The van der Waals surface area contributed by atoms with Gasteiger partial charge in [0.25, 0.3) is 0 Å². The molecular formula is C12H25N3O. The van der Waals surface area contributed by atoms with Gasteiger partial charge in [-0.3, -0.25) is 4.79 Å². The zero-order valence-corrected chi connectivity index (χ0v) is 10.8. The fraction of sp³-hybridized carbons (Fsp3) is 0.917. The van der Waals surface area contributed by atoms with Crippen LogP contribution < -0.4 is 11.1 Å². The van der Waals surface area contributed by atoms with Gasteiger partial charge in [-0.2, -0.15) is 0 Å². The van der Waals surface area contributed by atoms with E-state index >= 15 is 0 Å². The Kier molecular flexibility index (Phi) is 4.74. The number of nitrogens with two attached hydrogens (primary N) is 1. The third kappa shape index (κ3) is 4.10. The van der Waals surface area contributed by atoms with Crippen molar-refractivity contribution in [2.45, 2.75) is 39.2 Å². The fourth-order valence-electron chi connectivity index (χ4n) is 2.20. The molecule has 0 saturated carbocycles. The third-order valence-corrected chi connectivity index (χ3v) is 3.31. The summed E-state index contributed by atoms with van der Waals surface area (Å²) in [6.07, 6.45) is 2.79. The number of hydrogen-bond donors (Lipinski definition) is 2. The van der Waals surface area contributed by atoms with Crippen molar-refractivity contribution in [3.05, 3.63) is 0 Å². The van der Waals surface area contributed by atoms with Crippen molar-refractivity contribution in [2.75, 3.05) is 26.7 Å². The smallest absolute Gasteiger partial charge is 0.221 e. The molecule has 4 nitrogen and oxygen atoms in total. The van der Waals surface area contributed by atoms with E-state index in [1.165, 1.54) is 0 Å². The second-order valence-corrected chi connectivity index (χ2v) is 5.63. The maximum absolute atomic E-state index is 11.5. The molecule has 0 aromatic rings. The molecule has 16 heavy (non-hydrogen) atoms. The summed E-state index contributed by atoms with van der Waals surface area (Å²) in [5.41, 5.74) is 5.86. The van der Waals surface area contributed by atoms with Crippen molar-refractivity contribution in [3.63, 3.8) is 0 Å². The Morgan fingerprint density at radius 1 is 1.56 bits per heavy atom. The first-order valence-corrected chi connectivity index (χ1v) is 6.11. The van der Waals surface area contributed by atoms with E-state index in [1.54, 1.807) is 0 Å². The van der Waals surface area contributed by atoms with Crippen molar-refractivity contribution in [1.29, 1.82) is 0 Å². The van der Waals surface area contributed by atoms with Crippen LogP contribution in [0.1, 0.15) is 33.1 Å². The first kappa shape index (κ1) is 13.5. The van der Waals surface area contributed by atoms with E-state index in [9.17, 15) is 4.79 Å². The first-order valence-electron chi connectivity index (χ1n) is 6.11. The van der Waals surface area contributed by atoms with E-state index in [4.69, 9.17) is 5.73 Å². The Morgan fingerprint density at radius 3 is 2.88 bits per heavy atom. The Bertz CT molecular complexity index is 240. The van der Waals surface area contributed by atoms with Gasteiger partial charge in [-0.25, -0.2) is 0 Å². The monoisotopic (exact) mass is 227 g/mol. The molecular weight excluding hydrogens is 202 g/mol. The average Bonchev–Trinajstić information content (AvgIpc) is 2.42. The zero-order valence-electron chi connectivity index (χ0n) is 10.8. The lowest BCUT2D eigenvalue weighted by Crippen LogP contribution is -2.42. The quantitative estimate of drug-likeness (QED) is 0.738. The SMILES string of the molecule is CN(CC(C)(C)CN)C1CCCNC(=O)C1. The largest absolute Gasteiger partial charge is 0.356 e. The first-order chi connectivity index (χ1) is 7.44. The van der Waals surface area contributed by atoms with Crippen molar-refractivity contribution < 1.29 is 4.79 Å². The summed E-state index contributed by atoms with van der Waals surface area (Å²) in [5, 5.41) is 2.92. The average molecular weight is 227 g/mol. The highest BCUT2D eigenvalue weighted by Gasteiger charge is 2.25. The molecule has 1 aliphatic rings. The van der Waals surface area contributed by atoms with Gasteiger partial charge in [0.1, 0.15) is 0 Å². The lowest BCUT2D eigenvalue weighted by atomic mass is 9.92. The van der Waals surface area contributed by atoms with Crippen molar-refractivity contribution in [1.82, 2.24) is 10.2 Å².